The Balaban J connectivity index is 2.95. The lowest BCUT2D eigenvalue weighted by Crippen LogP contribution is -2.21. The molecule has 0 amide bonds. The Hall–Kier alpha value is -1.24. The van der Waals surface area contributed by atoms with Crippen molar-refractivity contribution in [1.82, 2.24) is 0 Å². The van der Waals surface area contributed by atoms with Crippen LogP contribution < -0.4 is 4.65 Å². The average molecular weight is 198 g/mol. The number of benzene rings is 1. The molecule has 14 heavy (non-hydrogen) atoms. The summed E-state index contributed by atoms with van der Waals surface area (Å²) in [6.07, 6.45) is 0.189. The van der Waals surface area contributed by atoms with Gasteiger partial charge in [0.25, 0.3) is 0 Å². The van der Waals surface area contributed by atoms with E-state index < -0.39 is 7.32 Å². The minimum absolute atomic E-state index is 0.0443. The number of hydrogen-bond acceptors (Lipinski definition) is 5. The second-order valence-corrected chi connectivity index (χ2v) is 2.67. The third-order valence-corrected chi connectivity index (χ3v) is 1.70. The van der Waals surface area contributed by atoms with Gasteiger partial charge in [0.15, 0.2) is 0 Å². The first kappa shape index (κ1) is 10.8. The maximum atomic E-state index is 9.38. The van der Waals surface area contributed by atoms with Gasteiger partial charge < -0.3 is 24.9 Å². The third kappa shape index (κ3) is 2.63. The molecule has 0 saturated carbocycles. The summed E-state index contributed by atoms with van der Waals surface area (Å²) in [5, 5.41) is 35.2. The lowest BCUT2D eigenvalue weighted by atomic mass is 10.1. The fourth-order valence-corrected chi connectivity index (χ4v) is 1.14. The minimum Gasteiger partial charge on any atom is -0.512 e. The van der Waals surface area contributed by atoms with Gasteiger partial charge in [0.1, 0.15) is 11.5 Å². The second kappa shape index (κ2) is 4.85. The van der Waals surface area contributed by atoms with E-state index in [0.29, 0.717) is 5.56 Å². The molecule has 0 aliphatic carbocycles. The predicted molar refractivity (Wildman–Crippen MR) is 49.7 cm³/mol. The topological polar surface area (TPSA) is 90.2 Å². The van der Waals surface area contributed by atoms with Gasteiger partial charge in [0, 0.05) is 18.6 Å². The van der Waals surface area contributed by atoms with Crippen molar-refractivity contribution in [2.24, 2.45) is 0 Å². The molecule has 0 unspecified atom stereocenters. The number of phenolic OH excluding ortho intramolecular Hbond substituents is 1. The van der Waals surface area contributed by atoms with Crippen LogP contribution in [0.25, 0.3) is 0 Å². The van der Waals surface area contributed by atoms with E-state index in [4.69, 9.17) is 15.2 Å². The molecule has 0 aromatic heterocycles. The molecule has 0 spiro atoms. The van der Waals surface area contributed by atoms with E-state index in [1.165, 1.54) is 18.2 Å². The summed E-state index contributed by atoms with van der Waals surface area (Å²) in [6.45, 7) is -0.157. The van der Waals surface area contributed by atoms with Gasteiger partial charge in [-0.25, -0.2) is 0 Å². The van der Waals surface area contributed by atoms with Crippen molar-refractivity contribution < 1.29 is 24.9 Å². The molecule has 6 heteroatoms. The normalized spacial score (nSPS) is 9.93. The van der Waals surface area contributed by atoms with Crippen LogP contribution in [0.4, 0.5) is 0 Å². The smallest absolute Gasteiger partial charge is 0.512 e. The number of phenols is 1. The monoisotopic (exact) mass is 198 g/mol. The van der Waals surface area contributed by atoms with Gasteiger partial charge in [0.2, 0.25) is 0 Å². The highest BCUT2D eigenvalue weighted by molar-refractivity contribution is 6.33. The van der Waals surface area contributed by atoms with E-state index in [1.807, 2.05) is 0 Å². The van der Waals surface area contributed by atoms with Gasteiger partial charge in [0.05, 0.1) is 0 Å². The maximum Gasteiger partial charge on any atom is 0.707 e. The van der Waals surface area contributed by atoms with Crippen LogP contribution in [0, 0.1) is 0 Å². The molecule has 0 atom stereocenters. The van der Waals surface area contributed by atoms with Gasteiger partial charge in [-0.3, -0.25) is 0 Å². The zero-order valence-corrected chi connectivity index (χ0v) is 7.42. The van der Waals surface area contributed by atoms with Crippen molar-refractivity contribution in [2.75, 3.05) is 6.61 Å². The van der Waals surface area contributed by atoms with Gasteiger partial charge in [-0.1, -0.05) is 6.07 Å². The molecule has 0 aliphatic heterocycles. The molecule has 4 N–H and O–H groups in total. The van der Waals surface area contributed by atoms with Crippen molar-refractivity contribution in [3.63, 3.8) is 0 Å². The molecule has 0 heterocycles. The Labute approximate surface area is 81.4 Å². The van der Waals surface area contributed by atoms with Crippen molar-refractivity contribution in [3.8, 4) is 11.5 Å². The van der Waals surface area contributed by atoms with Crippen LogP contribution in [-0.4, -0.2) is 34.2 Å². The highest BCUT2D eigenvalue weighted by Crippen LogP contribution is 2.27. The molecule has 1 aromatic carbocycles. The average Bonchev–Trinajstić information content (AvgIpc) is 2.10. The number of aromatic hydroxyl groups is 1. The minimum atomic E-state index is -1.94. The van der Waals surface area contributed by atoms with Gasteiger partial charge in [-0.2, -0.15) is 0 Å². The molecule has 76 valence electrons. The number of hydrogen-bond donors (Lipinski definition) is 4. The largest absolute Gasteiger partial charge is 0.707 e. The van der Waals surface area contributed by atoms with E-state index in [9.17, 15) is 5.11 Å². The summed E-state index contributed by atoms with van der Waals surface area (Å²) < 4.78 is 4.62. The molecule has 0 saturated heterocycles. The Kier molecular flexibility index (Phi) is 3.76. The lowest BCUT2D eigenvalue weighted by Gasteiger charge is -2.11. The van der Waals surface area contributed by atoms with Crippen molar-refractivity contribution in [1.29, 1.82) is 0 Å². The van der Waals surface area contributed by atoms with E-state index in [-0.39, 0.29) is 24.5 Å². The van der Waals surface area contributed by atoms with Crippen LogP contribution in [0.3, 0.4) is 0 Å². The zero-order chi connectivity index (χ0) is 10.6. The molecule has 0 bridgehead atoms. The molecule has 0 aliphatic rings. The molecule has 0 fully saturated rings. The van der Waals surface area contributed by atoms with Crippen LogP contribution in [0.2, 0.25) is 0 Å². The molecule has 1 aromatic rings. The SMILES string of the molecule is OCCc1c(O)cccc1OB(O)O. The van der Waals surface area contributed by atoms with E-state index >= 15 is 0 Å². The Morgan fingerprint density at radius 2 is 2.00 bits per heavy atom. The maximum absolute atomic E-state index is 9.38. The third-order valence-electron chi connectivity index (χ3n) is 1.70. The van der Waals surface area contributed by atoms with Gasteiger partial charge in [-0.15, -0.1) is 0 Å². The van der Waals surface area contributed by atoms with Crippen molar-refractivity contribution in [2.45, 2.75) is 6.42 Å². The van der Waals surface area contributed by atoms with Gasteiger partial charge >= 0.3 is 7.32 Å². The van der Waals surface area contributed by atoms with E-state index in [2.05, 4.69) is 4.65 Å². The Morgan fingerprint density at radius 3 is 2.57 bits per heavy atom. The predicted octanol–water partition coefficient (Wildman–Crippen LogP) is -0.725. The molecular formula is C8H11BO5. The zero-order valence-electron chi connectivity index (χ0n) is 7.42. The first-order valence-corrected chi connectivity index (χ1v) is 4.09. The van der Waals surface area contributed by atoms with Crippen LogP contribution in [-0.2, 0) is 6.42 Å². The van der Waals surface area contributed by atoms with Gasteiger partial charge in [-0.05, 0) is 12.1 Å². The fraction of sp³-hybridized carbons (Fsp3) is 0.250. The van der Waals surface area contributed by atoms with Crippen molar-refractivity contribution >= 4 is 7.32 Å². The molecular weight excluding hydrogens is 187 g/mol. The van der Waals surface area contributed by atoms with Crippen LogP contribution in [0.5, 0.6) is 11.5 Å². The molecule has 0 radical (unpaired) electrons. The summed E-state index contributed by atoms with van der Waals surface area (Å²) in [7, 11) is -1.94. The summed E-state index contributed by atoms with van der Waals surface area (Å²) in [5.41, 5.74) is 0.350. The Morgan fingerprint density at radius 1 is 1.29 bits per heavy atom. The van der Waals surface area contributed by atoms with Crippen LogP contribution in [0.1, 0.15) is 5.56 Å². The molecule has 1 rings (SSSR count). The van der Waals surface area contributed by atoms with Crippen LogP contribution in [0.15, 0.2) is 18.2 Å². The first-order valence-electron chi connectivity index (χ1n) is 4.09. The quantitative estimate of drug-likeness (QED) is 0.479. The standard InChI is InChI=1S/C8H11BO5/c10-5-4-6-7(11)2-1-3-8(6)14-9(12)13/h1-3,10-13H,4-5H2. The lowest BCUT2D eigenvalue weighted by molar-refractivity contribution is 0.278. The van der Waals surface area contributed by atoms with Crippen LogP contribution >= 0.6 is 0 Å². The summed E-state index contributed by atoms with van der Waals surface area (Å²) in [6, 6.07) is 4.42. The Bertz CT molecular complexity index is 302. The number of rotatable bonds is 4. The van der Waals surface area contributed by atoms with E-state index in [1.54, 1.807) is 0 Å². The number of aliphatic hydroxyl groups is 1. The van der Waals surface area contributed by atoms with Crippen molar-refractivity contribution in [3.05, 3.63) is 23.8 Å². The second-order valence-electron chi connectivity index (χ2n) is 2.67. The molecule has 5 nitrogen and oxygen atoms in total. The highest BCUT2D eigenvalue weighted by Gasteiger charge is 2.15. The fourth-order valence-electron chi connectivity index (χ4n) is 1.14. The van der Waals surface area contributed by atoms with E-state index in [0.717, 1.165) is 0 Å². The summed E-state index contributed by atoms with van der Waals surface area (Å²) >= 11 is 0. The summed E-state index contributed by atoms with van der Waals surface area (Å²) in [4.78, 5) is 0. The summed E-state index contributed by atoms with van der Waals surface area (Å²) in [5.74, 6) is 0.103. The first-order chi connectivity index (χ1) is 6.65. The highest BCUT2D eigenvalue weighted by atomic mass is 16.6. The number of aliphatic hydroxyl groups excluding tert-OH is 1.